The molecular formula is C33H46F2O. The maximum Gasteiger partial charge on any atom is 0.426 e. The van der Waals surface area contributed by atoms with Gasteiger partial charge in [-0.15, -0.1) is 0 Å². The van der Waals surface area contributed by atoms with E-state index in [-0.39, 0.29) is 11.3 Å². The summed E-state index contributed by atoms with van der Waals surface area (Å²) in [6, 6.07) is 14.2. The lowest BCUT2D eigenvalue weighted by Gasteiger charge is -2.28. The quantitative estimate of drug-likeness (QED) is 0.301. The van der Waals surface area contributed by atoms with Crippen molar-refractivity contribution in [2.75, 3.05) is 0 Å². The van der Waals surface area contributed by atoms with Crippen LogP contribution in [0, 0.1) is 17.8 Å². The highest BCUT2D eigenvalue weighted by Gasteiger charge is 2.34. The second kappa shape index (κ2) is 13.1. The molecule has 0 amide bonds. The Morgan fingerprint density at radius 3 is 1.69 bits per heavy atom. The first-order valence-electron chi connectivity index (χ1n) is 14.7. The average molecular weight is 497 g/mol. The van der Waals surface area contributed by atoms with Crippen LogP contribution in [-0.2, 0) is 12.5 Å². The normalized spacial score (nSPS) is 25.0. The summed E-state index contributed by atoms with van der Waals surface area (Å²) in [6.07, 6.45) is 14.4. The molecule has 36 heavy (non-hydrogen) atoms. The Kier molecular flexibility index (Phi) is 9.85. The first kappa shape index (κ1) is 27.1. The van der Waals surface area contributed by atoms with Gasteiger partial charge in [0.1, 0.15) is 5.75 Å². The fourth-order valence-corrected chi connectivity index (χ4v) is 6.66. The van der Waals surface area contributed by atoms with Gasteiger partial charge in [-0.3, -0.25) is 0 Å². The van der Waals surface area contributed by atoms with Gasteiger partial charge in [-0.05, 0) is 97.6 Å². The Morgan fingerprint density at radius 1 is 0.667 bits per heavy atom. The minimum atomic E-state index is -3.34. The summed E-state index contributed by atoms with van der Waals surface area (Å²) in [4.78, 5) is 0. The molecule has 2 aromatic rings. The number of aryl methyl sites for hydroxylation is 1. The standard InChI is InChI=1S/C33H46F2O/c1-3-5-25-7-9-27(10-8-25)11-12-28-15-21-31(22-16-28)33(34,35)36-32-23-19-30(20-24-32)29-17-13-26(6-4-2)14-18-29/h15-16,19-27,29H,3-14,17-18H2,1-2H3. The third-order valence-electron chi connectivity index (χ3n) is 8.94. The first-order valence-corrected chi connectivity index (χ1v) is 14.7. The number of hydrogen-bond acceptors (Lipinski definition) is 1. The van der Waals surface area contributed by atoms with Crippen molar-refractivity contribution >= 4 is 0 Å². The van der Waals surface area contributed by atoms with Crippen LogP contribution in [0.4, 0.5) is 8.78 Å². The van der Waals surface area contributed by atoms with Crippen LogP contribution in [0.2, 0.25) is 0 Å². The molecule has 0 saturated heterocycles. The highest BCUT2D eigenvalue weighted by molar-refractivity contribution is 5.31. The molecule has 0 radical (unpaired) electrons. The molecule has 0 aliphatic heterocycles. The van der Waals surface area contributed by atoms with Gasteiger partial charge >= 0.3 is 6.11 Å². The maximum absolute atomic E-state index is 14.9. The van der Waals surface area contributed by atoms with Crippen molar-refractivity contribution in [2.45, 2.75) is 116 Å². The van der Waals surface area contributed by atoms with Gasteiger partial charge in [-0.1, -0.05) is 89.5 Å². The van der Waals surface area contributed by atoms with E-state index in [2.05, 4.69) is 13.8 Å². The fourth-order valence-electron chi connectivity index (χ4n) is 6.66. The number of alkyl halides is 2. The van der Waals surface area contributed by atoms with Crippen LogP contribution in [0.1, 0.15) is 120 Å². The van der Waals surface area contributed by atoms with Gasteiger partial charge in [-0.2, -0.15) is 8.78 Å². The number of halogens is 2. The molecule has 2 aromatic carbocycles. The van der Waals surface area contributed by atoms with Crippen molar-refractivity contribution < 1.29 is 13.5 Å². The summed E-state index contributed by atoms with van der Waals surface area (Å²) in [5.41, 5.74) is 2.32. The zero-order valence-corrected chi connectivity index (χ0v) is 22.5. The molecule has 0 aromatic heterocycles. The lowest BCUT2D eigenvalue weighted by molar-refractivity contribution is -0.185. The fraction of sp³-hybridized carbons (Fsp3) is 0.636. The van der Waals surface area contributed by atoms with Crippen molar-refractivity contribution in [3.63, 3.8) is 0 Å². The SMILES string of the molecule is CCCC1CCC(CCc2ccc(C(F)(F)Oc3ccc(C4CCC(CCC)CC4)cc3)cc2)CC1. The molecule has 2 aliphatic rings. The monoisotopic (exact) mass is 496 g/mol. The molecule has 0 heterocycles. The van der Waals surface area contributed by atoms with Gasteiger partial charge < -0.3 is 4.74 Å². The predicted octanol–water partition coefficient (Wildman–Crippen LogP) is 10.4. The lowest BCUT2D eigenvalue weighted by Crippen LogP contribution is -2.22. The van der Waals surface area contributed by atoms with Crippen molar-refractivity contribution in [3.8, 4) is 5.75 Å². The van der Waals surface area contributed by atoms with Crippen LogP contribution in [0.3, 0.4) is 0 Å². The Labute approximate surface area is 218 Å². The van der Waals surface area contributed by atoms with E-state index < -0.39 is 6.11 Å². The topological polar surface area (TPSA) is 9.23 Å². The van der Waals surface area contributed by atoms with E-state index in [1.807, 2.05) is 24.3 Å². The third kappa shape index (κ3) is 7.56. The largest absolute Gasteiger partial charge is 0.429 e. The van der Waals surface area contributed by atoms with E-state index in [1.165, 1.54) is 94.7 Å². The van der Waals surface area contributed by atoms with E-state index in [1.54, 1.807) is 12.1 Å². The van der Waals surface area contributed by atoms with Crippen LogP contribution >= 0.6 is 0 Å². The summed E-state index contributed by atoms with van der Waals surface area (Å²) < 4.78 is 35.0. The second-order valence-corrected chi connectivity index (χ2v) is 11.6. The predicted molar refractivity (Wildman–Crippen MR) is 146 cm³/mol. The number of benzene rings is 2. The molecule has 198 valence electrons. The molecule has 2 aliphatic carbocycles. The van der Waals surface area contributed by atoms with Gasteiger partial charge in [0.15, 0.2) is 0 Å². The zero-order chi connectivity index (χ0) is 25.4. The molecule has 0 unspecified atom stereocenters. The van der Waals surface area contributed by atoms with E-state index in [0.29, 0.717) is 5.92 Å². The van der Waals surface area contributed by atoms with Gasteiger partial charge in [0.2, 0.25) is 0 Å². The molecule has 0 atom stereocenters. The summed E-state index contributed by atoms with van der Waals surface area (Å²) >= 11 is 0. The Bertz CT molecular complexity index is 888. The summed E-state index contributed by atoms with van der Waals surface area (Å²) in [7, 11) is 0. The third-order valence-corrected chi connectivity index (χ3v) is 8.94. The highest BCUT2D eigenvalue weighted by Crippen LogP contribution is 2.39. The van der Waals surface area contributed by atoms with Gasteiger partial charge in [0, 0.05) is 0 Å². The van der Waals surface area contributed by atoms with Crippen LogP contribution in [-0.4, -0.2) is 0 Å². The van der Waals surface area contributed by atoms with Gasteiger partial charge in [0.25, 0.3) is 0 Å². The number of rotatable bonds is 11. The van der Waals surface area contributed by atoms with Crippen molar-refractivity contribution in [1.29, 1.82) is 0 Å². The summed E-state index contributed by atoms with van der Waals surface area (Å²) in [5.74, 6) is 3.36. The first-order chi connectivity index (χ1) is 17.5. The van der Waals surface area contributed by atoms with E-state index >= 15 is 0 Å². The molecule has 2 saturated carbocycles. The number of hydrogen-bond donors (Lipinski definition) is 0. The maximum atomic E-state index is 14.9. The molecule has 0 N–H and O–H groups in total. The van der Waals surface area contributed by atoms with Crippen LogP contribution < -0.4 is 4.74 Å². The zero-order valence-electron chi connectivity index (χ0n) is 22.5. The van der Waals surface area contributed by atoms with E-state index in [9.17, 15) is 8.78 Å². The van der Waals surface area contributed by atoms with Crippen molar-refractivity contribution in [1.82, 2.24) is 0 Å². The molecule has 0 bridgehead atoms. The van der Waals surface area contributed by atoms with Gasteiger partial charge in [0.05, 0.1) is 5.56 Å². The van der Waals surface area contributed by atoms with Crippen molar-refractivity contribution in [3.05, 3.63) is 65.2 Å². The molecule has 0 spiro atoms. The molecule has 1 nitrogen and oxygen atoms in total. The average Bonchev–Trinajstić information content (AvgIpc) is 2.90. The molecule has 4 rings (SSSR count). The lowest BCUT2D eigenvalue weighted by atomic mass is 9.77. The van der Waals surface area contributed by atoms with Crippen molar-refractivity contribution in [2.24, 2.45) is 17.8 Å². The van der Waals surface area contributed by atoms with Crippen LogP contribution in [0.25, 0.3) is 0 Å². The summed E-state index contributed by atoms with van der Waals surface area (Å²) in [5, 5.41) is 0. The second-order valence-electron chi connectivity index (χ2n) is 11.6. The van der Waals surface area contributed by atoms with Gasteiger partial charge in [-0.25, -0.2) is 0 Å². The van der Waals surface area contributed by atoms with Crippen LogP contribution in [0.15, 0.2) is 48.5 Å². The molecule has 3 heteroatoms. The Hall–Kier alpha value is -1.90. The minimum Gasteiger partial charge on any atom is -0.429 e. The van der Waals surface area contributed by atoms with E-state index in [4.69, 9.17) is 4.74 Å². The smallest absolute Gasteiger partial charge is 0.426 e. The van der Waals surface area contributed by atoms with Crippen LogP contribution in [0.5, 0.6) is 5.75 Å². The highest BCUT2D eigenvalue weighted by atomic mass is 19.3. The van der Waals surface area contributed by atoms with E-state index in [0.717, 1.165) is 36.2 Å². The summed E-state index contributed by atoms with van der Waals surface area (Å²) in [6.45, 7) is 4.54. The number of ether oxygens (including phenoxy) is 1. The molecular weight excluding hydrogens is 450 g/mol. The minimum absolute atomic E-state index is 0.0790. The Balaban J connectivity index is 1.25. The Morgan fingerprint density at radius 2 is 1.17 bits per heavy atom. The molecule has 2 fully saturated rings.